The van der Waals surface area contributed by atoms with Gasteiger partial charge in [-0.3, -0.25) is 9.59 Å². The molecule has 0 fully saturated rings. The Kier molecular flexibility index (Phi) is 8.85. The van der Waals surface area contributed by atoms with Gasteiger partial charge in [0.1, 0.15) is 11.8 Å². The zero-order valence-electron chi connectivity index (χ0n) is 22.0. The molecule has 0 aliphatic rings. The molecule has 2 amide bonds. The first-order valence-electron chi connectivity index (χ1n) is 12.7. The molecule has 6 heteroatoms. The molecule has 1 N–H and O–H groups in total. The highest BCUT2D eigenvalue weighted by atomic mass is 79.9. The molecule has 0 aromatic heterocycles. The van der Waals surface area contributed by atoms with E-state index in [1.807, 2.05) is 118 Å². The summed E-state index contributed by atoms with van der Waals surface area (Å²) in [6, 6.07) is 30.5. The minimum absolute atomic E-state index is 0.182. The van der Waals surface area contributed by atoms with Crippen molar-refractivity contribution < 1.29 is 14.3 Å². The maximum Gasteiger partial charge on any atom is 0.261 e. The van der Waals surface area contributed by atoms with Crippen molar-refractivity contribution >= 4 is 38.5 Å². The van der Waals surface area contributed by atoms with Crippen LogP contribution in [0.25, 0.3) is 10.8 Å². The van der Waals surface area contributed by atoms with E-state index in [1.165, 1.54) is 0 Å². The molecule has 0 unspecified atom stereocenters. The Labute approximate surface area is 232 Å². The van der Waals surface area contributed by atoms with Gasteiger partial charge in [0, 0.05) is 28.4 Å². The number of nitrogens with one attached hydrogen (secondary N) is 1. The fourth-order valence-corrected chi connectivity index (χ4v) is 4.60. The fourth-order valence-electron chi connectivity index (χ4n) is 4.34. The van der Waals surface area contributed by atoms with Crippen LogP contribution in [0.2, 0.25) is 0 Å². The molecule has 0 saturated carbocycles. The zero-order chi connectivity index (χ0) is 27.1. The summed E-state index contributed by atoms with van der Waals surface area (Å²) in [7, 11) is 0. The predicted molar refractivity (Wildman–Crippen MR) is 156 cm³/mol. The van der Waals surface area contributed by atoms with Crippen molar-refractivity contribution in [1.29, 1.82) is 0 Å². The lowest BCUT2D eigenvalue weighted by Crippen LogP contribution is -2.55. The van der Waals surface area contributed by atoms with Crippen LogP contribution in [0.3, 0.4) is 0 Å². The van der Waals surface area contributed by atoms with Gasteiger partial charge in [0.05, 0.1) is 0 Å². The van der Waals surface area contributed by atoms with Gasteiger partial charge in [0.15, 0.2) is 6.61 Å². The Morgan fingerprint density at radius 2 is 1.50 bits per heavy atom. The van der Waals surface area contributed by atoms with Crippen molar-refractivity contribution in [3.8, 4) is 5.75 Å². The van der Waals surface area contributed by atoms with Gasteiger partial charge in [-0.05, 0) is 55.5 Å². The molecule has 196 valence electrons. The number of rotatable bonds is 9. The smallest absolute Gasteiger partial charge is 0.261 e. The van der Waals surface area contributed by atoms with Gasteiger partial charge in [-0.25, -0.2) is 0 Å². The molecule has 4 rings (SSSR count). The quantitative estimate of drug-likeness (QED) is 0.248. The van der Waals surface area contributed by atoms with Crippen LogP contribution in [0.5, 0.6) is 5.75 Å². The summed E-state index contributed by atoms with van der Waals surface area (Å²) < 4.78 is 7.02. The topological polar surface area (TPSA) is 58.6 Å². The summed E-state index contributed by atoms with van der Waals surface area (Å²) >= 11 is 3.48. The average molecular weight is 574 g/mol. The molecule has 0 saturated heterocycles. The van der Waals surface area contributed by atoms with Gasteiger partial charge >= 0.3 is 0 Å². The van der Waals surface area contributed by atoms with Crippen LogP contribution >= 0.6 is 15.9 Å². The van der Waals surface area contributed by atoms with Crippen LogP contribution in [-0.4, -0.2) is 34.9 Å². The number of benzene rings is 4. The van der Waals surface area contributed by atoms with Gasteiger partial charge in [-0.1, -0.05) is 94.8 Å². The Morgan fingerprint density at radius 3 is 2.21 bits per heavy atom. The molecule has 38 heavy (non-hydrogen) atoms. The number of ether oxygens (including phenoxy) is 1. The second-order valence-corrected chi connectivity index (χ2v) is 11.3. The molecule has 4 aromatic carbocycles. The van der Waals surface area contributed by atoms with Gasteiger partial charge < -0.3 is 15.0 Å². The Bertz CT molecular complexity index is 1380. The number of hydrogen-bond donors (Lipinski definition) is 1. The second-order valence-electron chi connectivity index (χ2n) is 10.4. The lowest BCUT2D eigenvalue weighted by Gasteiger charge is -2.33. The molecule has 4 aromatic rings. The summed E-state index contributed by atoms with van der Waals surface area (Å²) in [5, 5.41) is 5.06. The first-order valence-corrected chi connectivity index (χ1v) is 13.5. The predicted octanol–water partition coefficient (Wildman–Crippen LogP) is 6.54. The lowest BCUT2D eigenvalue weighted by atomic mass is 10.0. The van der Waals surface area contributed by atoms with Crippen molar-refractivity contribution in [2.24, 2.45) is 0 Å². The number of carbonyl (C=O) groups excluding carboxylic acids is 2. The van der Waals surface area contributed by atoms with Crippen LogP contribution in [0.1, 0.15) is 31.9 Å². The lowest BCUT2D eigenvalue weighted by molar-refractivity contribution is -0.143. The summed E-state index contributed by atoms with van der Waals surface area (Å²) in [6.45, 7) is 5.91. The highest BCUT2D eigenvalue weighted by Crippen LogP contribution is 2.25. The summed E-state index contributed by atoms with van der Waals surface area (Å²) in [4.78, 5) is 29.1. The van der Waals surface area contributed by atoms with E-state index in [0.717, 1.165) is 26.4 Å². The highest BCUT2D eigenvalue weighted by Gasteiger charge is 2.32. The third kappa shape index (κ3) is 7.45. The van der Waals surface area contributed by atoms with E-state index >= 15 is 0 Å². The van der Waals surface area contributed by atoms with E-state index in [-0.39, 0.29) is 25.0 Å². The number of fused-ring (bicyclic) bond motifs is 1. The normalized spacial score (nSPS) is 12.1. The van der Waals surface area contributed by atoms with E-state index in [9.17, 15) is 9.59 Å². The highest BCUT2D eigenvalue weighted by molar-refractivity contribution is 9.10. The number of amides is 2. The van der Waals surface area contributed by atoms with Crippen molar-refractivity contribution in [1.82, 2.24) is 10.2 Å². The van der Waals surface area contributed by atoms with E-state index in [2.05, 4.69) is 21.2 Å². The molecule has 0 bridgehead atoms. The third-order valence-electron chi connectivity index (χ3n) is 6.14. The number of halogens is 1. The van der Waals surface area contributed by atoms with Gasteiger partial charge in [0.2, 0.25) is 5.91 Å². The molecule has 0 heterocycles. The Hall–Kier alpha value is -3.64. The van der Waals surface area contributed by atoms with Crippen LogP contribution in [0, 0.1) is 0 Å². The van der Waals surface area contributed by atoms with E-state index in [1.54, 1.807) is 4.90 Å². The fraction of sp³-hybridized carbons (Fsp3) is 0.250. The third-order valence-corrected chi connectivity index (χ3v) is 6.66. The van der Waals surface area contributed by atoms with Crippen molar-refractivity contribution in [3.63, 3.8) is 0 Å². The average Bonchev–Trinajstić information content (AvgIpc) is 2.90. The first kappa shape index (κ1) is 27.4. The van der Waals surface area contributed by atoms with Crippen LogP contribution in [0.4, 0.5) is 0 Å². The van der Waals surface area contributed by atoms with E-state index < -0.39 is 11.6 Å². The van der Waals surface area contributed by atoms with Crippen LogP contribution in [0.15, 0.2) is 102 Å². The van der Waals surface area contributed by atoms with Gasteiger partial charge in [-0.15, -0.1) is 0 Å². The number of carbonyl (C=O) groups is 2. The number of nitrogens with zero attached hydrogens (tertiary/aromatic N) is 1. The van der Waals surface area contributed by atoms with Crippen molar-refractivity contribution in [3.05, 3.63) is 113 Å². The summed E-state index contributed by atoms with van der Waals surface area (Å²) in [6.07, 6.45) is 0.388. The first-order chi connectivity index (χ1) is 18.2. The van der Waals surface area contributed by atoms with Crippen molar-refractivity contribution in [2.75, 3.05) is 6.61 Å². The zero-order valence-corrected chi connectivity index (χ0v) is 23.6. The molecule has 1 atom stereocenters. The Morgan fingerprint density at radius 1 is 0.842 bits per heavy atom. The maximum atomic E-state index is 13.8. The SMILES string of the molecule is CC(C)(C)NC(=O)[C@H](Cc1ccccc1)N(Cc1ccc(Br)cc1)C(=O)COc1cccc2ccccc12. The molecule has 0 aliphatic heterocycles. The molecular weight excluding hydrogens is 540 g/mol. The van der Waals surface area contributed by atoms with E-state index in [4.69, 9.17) is 4.74 Å². The molecule has 5 nitrogen and oxygen atoms in total. The van der Waals surface area contributed by atoms with Crippen LogP contribution < -0.4 is 10.1 Å². The maximum absolute atomic E-state index is 13.8. The van der Waals surface area contributed by atoms with Crippen LogP contribution in [-0.2, 0) is 22.6 Å². The molecule has 0 radical (unpaired) electrons. The second kappa shape index (κ2) is 12.3. The largest absolute Gasteiger partial charge is 0.483 e. The number of hydrogen-bond acceptors (Lipinski definition) is 3. The molecular formula is C32H33BrN2O3. The Balaban J connectivity index is 1.65. The monoisotopic (exact) mass is 572 g/mol. The molecule has 0 aliphatic carbocycles. The minimum atomic E-state index is -0.719. The van der Waals surface area contributed by atoms with E-state index in [0.29, 0.717) is 12.2 Å². The van der Waals surface area contributed by atoms with Crippen molar-refractivity contribution in [2.45, 2.75) is 45.3 Å². The van der Waals surface area contributed by atoms with Gasteiger partial charge in [0.25, 0.3) is 5.91 Å². The standard InChI is InChI=1S/C32H33BrN2O3/c1-32(2,3)34-31(37)28(20-23-10-5-4-6-11-23)35(21-24-16-18-26(33)19-17-24)30(36)22-38-29-15-9-13-25-12-7-8-14-27(25)29/h4-19,28H,20-22H2,1-3H3,(H,34,37)/t28-/m0/s1. The summed E-state index contributed by atoms with van der Waals surface area (Å²) in [5.74, 6) is 0.182. The minimum Gasteiger partial charge on any atom is -0.483 e. The molecule has 0 spiro atoms. The van der Waals surface area contributed by atoms with Gasteiger partial charge in [-0.2, -0.15) is 0 Å². The summed E-state index contributed by atoms with van der Waals surface area (Å²) in [5.41, 5.74) is 1.45.